The highest BCUT2D eigenvalue weighted by molar-refractivity contribution is 7.08. The van der Waals surface area contributed by atoms with Crippen LogP contribution in [0, 0.1) is 0 Å². The number of rotatable bonds is 2. The van der Waals surface area contributed by atoms with E-state index >= 15 is 0 Å². The summed E-state index contributed by atoms with van der Waals surface area (Å²) < 4.78 is 0. The van der Waals surface area contributed by atoms with Crippen LogP contribution in [-0.4, -0.2) is 0 Å². The van der Waals surface area contributed by atoms with Gasteiger partial charge < -0.3 is 5.73 Å². The maximum Gasteiger partial charge on any atom is 0.0566 e. The molecule has 1 aromatic heterocycles. The van der Waals surface area contributed by atoms with Crippen LogP contribution in [0.5, 0.6) is 0 Å². The van der Waals surface area contributed by atoms with E-state index in [-0.39, 0.29) is 18.4 Å². The summed E-state index contributed by atoms with van der Waals surface area (Å²) in [6.45, 7) is 0. The van der Waals surface area contributed by atoms with E-state index in [1.807, 2.05) is 0 Å². The van der Waals surface area contributed by atoms with Crippen LogP contribution in [-0.2, 0) is 0 Å². The highest BCUT2D eigenvalue weighted by Crippen LogP contribution is 2.33. The van der Waals surface area contributed by atoms with Gasteiger partial charge in [-0.25, -0.2) is 0 Å². The van der Waals surface area contributed by atoms with Crippen molar-refractivity contribution in [2.24, 2.45) is 5.73 Å². The van der Waals surface area contributed by atoms with Crippen LogP contribution >= 0.6 is 23.7 Å². The number of benzene rings is 3. The van der Waals surface area contributed by atoms with Gasteiger partial charge in [0.15, 0.2) is 0 Å². The normalized spacial score (nSPS) is 12.2. The van der Waals surface area contributed by atoms with E-state index in [9.17, 15) is 0 Å². The molecule has 3 heteroatoms. The number of nitrogens with two attached hydrogens (primary N) is 1. The van der Waals surface area contributed by atoms with Gasteiger partial charge in [-0.05, 0) is 55.6 Å². The van der Waals surface area contributed by atoms with Crippen LogP contribution < -0.4 is 5.73 Å². The molecule has 1 heterocycles. The number of halogens is 1. The van der Waals surface area contributed by atoms with E-state index in [0.717, 1.165) is 0 Å². The molecule has 0 aliphatic rings. The minimum atomic E-state index is -0.0780. The lowest BCUT2D eigenvalue weighted by Gasteiger charge is -2.16. The van der Waals surface area contributed by atoms with Crippen LogP contribution in [0.2, 0.25) is 0 Å². The Balaban J connectivity index is 0.00000144. The van der Waals surface area contributed by atoms with Gasteiger partial charge in [0.2, 0.25) is 0 Å². The molecule has 0 saturated carbocycles. The fourth-order valence-corrected chi connectivity index (χ4v) is 3.67. The Morgan fingerprint density at radius 1 is 0.818 bits per heavy atom. The lowest BCUT2D eigenvalue weighted by molar-refractivity contribution is 0.888. The van der Waals surface area contributed by atoms with Gasteiger partial charge in [0, 0.05) is 0 Å². The fourth-order valence-electron chi connectivity index (χ4n) is 2.97. The smallest absolute Gasteiger partial charge is 0.0566 e. The van der Waals surface area contributed by atoms with Crippen molar-refractivity contribution in [2.75, 3.05) is 0 Å². The Labute approximate surface area is 139 Å². The SMILES string of the molecule is Cl.N[C@@H](c1ccsc1)c1cc2ccccc2c2ccccc12. The third kappa shape index (κ3) is 2.40. The predicted molar refractivity (Wildman–Crippen MR) is 99.1 cm³/mol. The zero-order chi connectivity index (χ0) is 14.2. The average Bonchev–Trinajstić information content (AvgIpc) is 3.08. The van der Waals surface area contributed by atoms with Crippen LogP contribution in [0.15, 0.2) is 71.4 Å². The first kappa shape index (κ1) is 15.0. The second kappa shape index (κ2) is 6.09. The van der Waals surface area contributed by atoms with Crippen LogP contribution in [0.25, 0.3) is 21.5 Å². The first-order valence-corrected chi connectivity index (χ1v) is 7.97. The molecule has 0 bridgehead atoms. The molecule has 1 nitrogen and oxygen atoms in total. The van der Waals surface area contributed by atoms with Gasteiger partial charge in [-0.2, -0.15) is 11.3 Å². The molecule has 22 heavy (non-hydrogen) atoms. The highest BCUT2D eigenvalue weighted by atomic mass is 35.5. The second-order valence-corrected chi connectivity index (χ2v) is 6.05. The summed E-state index contributed by atoms with van der Waals surface area (Å²) in [5.41, 5.74) is 8.90. The van der Waals surface area contributed by atoms with E-state index in [0.29, 0.717) is 0 Å². The number of hydrogen-bond donors (Lipinski definition) is 1. The van der Waals surface area contributed by atoms with Crippen LogP contribution in [0.3, 0.4) is 0 Å². The van der Waals surface area contributed by atoms with Gasteiger partial charge in [-0.15, -0.1) is 12.4 Å². The van der Waals surface area contributed by atoms with E-state index in [1.54, 1.807) is 11.3 Å². The summed E-state index contributed by atoms with van der Waals surface area (Å²) in [6.07, 6.45) is 0. The third-order valence-electron chi connectivity index (χ3n) is 4.04. The Hall–Kier alpha value is -1.87. The molecule has 4 rings (SSSR count). The summed E-state index contributed by atoms with van der Waals surface area (Å²) in [5, 5.41) is 9.27. The Morgan fingerprint density at radius 2 is 1.50 bits per heavy atom. The highest BCUT2D eigenvalue weighted by Gasteiger charge is 2.14. The Morgan fingerprint density at radius 3 is 2.23 bits per heavy atom. The molecular weight excluding hydrogens is 310 g/mol. The molecular formula is C19H16ClNS. The zero-order valence-corrected chi connectivity index (χ0v) is 13.5. The van der Waals surface area contributed by atoms with Crippen molar-refractivity contribution in [3.8, 4) is 0 Å². The van der Waals surface area contributed by atoms with Gasteiger partial charge in [-0.3, -0.25) is 0 Å². The standard InChI is InChI=1S/C19H15NS.ClH/c20-19(14-9-10-21-12-14)18-11-13-5-1-2-6-15(13)16-7-3-4-8-17(16)18;/h1-12,19H,20H2;1H/t19-;/m0./s1. The topological polar surface area (TPSA) is 26.0 Å². The molecule has 1 atom stereocenters. The average molecular weight is 326 g/mol. The largest absolute Gasteiger partial charge is 0.320 e. The van der Waals surface area contributed by atoms with Gasteiger partial charge in [-0.1, -0.05) is 48.5 Å². The van der Waals surface area contributed by atoms with Gasteiger partial charge >= 0.3 is 0 Å². The first-order chi connectivity index (χ1) is 10.3. The first-order valence-electron chi connectivity index (χ1n) is 7.02. The Kier molecular flexibility index (Phi) is 4.16. The van der Waals surface area contributed by atoms with Crippen molar-refractivity contribution in [2.45, 2.75) is 6.04 Å². The molecule has 0 aliphatic carbocycles. The lowest BCUT2D eigenvalue weighted by atomic mass is 9.92. The molecule has 3 aromatic carbocycles. The van der Waals surface area contributed by atoms with E-state index in [2.05, 4.69) is 71.4 Å². The molecule has 0 amide bonds. The third-order valence-corrected chi connectivity index (χ3v) is 4.74. The molecule has 0 spiro atoms. The van der Waals surface area contributed by atoms with Crippen molar-refractivity contribution < 1.29 is 0 Å². The van der Waals surface area contributed by atoms with Crippen molar-refractivity contribution in [3.05, 3.63) is 82.6 Å². The molecule has 0 unspecified atom stereocenters. The van der Waals surface area contributed by atoms with Crippen molar-refractivity contribution in [3.63, 3.8) is 0 Å². The van der Waals surface area contributed by atoms with E-state index < -0.39 is 0 Å². The molecule has 2 N–H and O–H groups in total. The fraction of sp³-hybridized carbons (Fsp3) is 0.0526. The minimum absolute atomic E-state index is 0. The second-order valence-electron chi connectivity index (χ2n) is 5.27. The predicted octanol–water partition coefficient (Wildman–Crippen LogP) is 5.52. The molecule has 0 saturated heterocycles. The van der Waals surface area contributed by atoms with Crippen molar-refractivity contribution >= 4 is 45.3 Å². The minimum Gasteiger partial charge on any atom is -0.320 e. The van der Waals surface area contributed by atoms with E-state index in [1.165, 1.54) is 32.7 Å². The molecule has 0 aliphatic heterocycles. The lowest BCUT2D eigenvalue weighted by Crippen LogP contribution is -2.11. The molecule has 0 fully saturated rings. The summed E-state index contributed by atoms with van der Waals surface area (Å²) in [4.78, 5) is 0. The molecule has 4 aromatic rings. The molecule has 0 radical (unpaired) electrons. The zero-order valence-electron chi connectivity index (χ0n) is 11.9. The number of hydrogen-bond acceptors (Lipinski definition) is 2. The monoisotopic (exact) mass is 325 g/mol. The van der Waals surface area contributed by atoms with Crippen molar-refractivity contribution in [1.29, 1.82) is 0 Å². The summed E-state index contributed by atoms with van der Waals surface area (Å²) >= 11 is 1.69. The van der Waals surface area contributed by atoms with Gasteiger partial charge in [0.05, 0.1) is 6.04 Å². The number of thiophene rings is 1. The quantitative estimate of drug-likeness (QED) is 0.482. The molecule has 110 valence electrons. The van der Waals surface area contributed by atoms with Gasteiger partial charge in [0.25, 0.3) is 0 Å². The van der Waals surface area contributed by atoms with Crippen LogP contribution in [0.4, 0.5) is 0 Å². The summed E-state index contributed by atoms with van der Waals surface area (Å²) in [7, 11) is 0. The van der Waals surface area contributed by atoms with Crippen LogP contribution in [0.1, 0.15) is 17.2 Å². The maximum atomic E-state index is 6.52. The van der Waals surface area contributed by atoms with Crippen molar-refractivity contribution in [1.82, 2.24) is 0 Å². The maximum absolute atomic E-state index is 6.52. The summed E-state index contributed by atoms with van der Waals surface area (Å²) in [5.74, 6) is 0. The van der Waals surface area contributed by atoms with Gasteiger partial charge in [0.1, 0.15) is 0 Å². The summed E-state index contributed by atoms with van der Waals surface area (Å²) in [6, 6.07) is 21.3. The van der Waals surface area contributed by atoms with E-state index in [4.69, 9.17) is 5.73 Å². The number of fused-ring (bicyclic) bond motifs is 3. The Bertz CT molecular complexity index is 915.